The van der Waals surface area contributed by atoms with Crippen molar-refractivity contribution in [2.75, 3.05) is 31.7 Å². The number of hydrogen-bond donors (Lipinski definition) is 2. The summed E-state index contributed by atoms with van der Waals surface area (Å²) in [5.74, 6) is 1.24. The minimum absolute atomic E-state index is 0.0873. The van der Waals surface area contributed by atoms with Crippen LogP contribution in [-0.2, 0) is 10.4 Å². The summed E-state index contributed by atoms with van der Waals surface area (Å²) in [5.41, 5.74) is 0.658. The van der Waals surface area contributed by atoms with Crippen LogP contribution >= 0.6 is 0 Å². The third kappa shape index (κ3) is 3.49. The SMILES string of the molecule is O=C(CN1CCC(O)(c2cccnc2)CC1)Nc1ccc2c(c1)OCO2. The first-order valence-corrected chi connectivity index (χ1v) is 8.67. The van der Waals surface area contributed by atoms with E-state index in [-0.39, 0.29) is 19.2 Å². The van der Waals surface area contributed by atoms with E-state index in [1.807, 2.05) is 17.0 Å². The van der Waals surface area contributed by atoms with Crippen molar-refractivity contribution < 1.29 is 19.4 Å². The normalized spacial score (nSPS) is 18.5. The average Bonchev–Trinajstić information content (AvgIpc) is 3.12. The summed E-state index contributed by atoms with van der Waals surface area (Å²) in [6, 6.07) is 9.07. The number of piperidine rings is 1. The number of pyridine rings is 1. The standard InChI is InChI=1S/C19H21N3O4/c23-18(21-15-3-4-16-17(10-15)26-13-25-16)12-22-8-5-19(24,6-9-22)14-2-1-7-20-11-14/h1-4,7,10-11,24H,5-6,8-9,12-13H2,(H,21,23). The van der Waals surface area contributed by atoms with E-state index in [9.17, 15) is 9.90 Å². The lowest BCUT2D eigenvalue weighted by Crippen LogP contribution is -2.45. The molecule has 0 spiro atoms. The lowest BCUT2D eigenvalue weighted by molar-refractivity contribution is -0.118. The van der Waals surface area contributed by atoms with Crippen molar-refractivity contribution in [2.24, 2.45) is 0 Å². The summed E-state index contributed by atoms with van der Waals surface area (Å²) in [4.78, 5) is 18.5. The predicted octanol–water partition coefficient (Wildman–Crippen LogP) is 1.73. The van der Waals surface area contributed by atoms with E-state index in [1.54, 1.807) is 30.6 Å². The topological polar surface area (TPSA) is 83.9 Å². The van der Waals surface area contributed by atoms with Crippen LogP contribution in [0.15, 0.2) is 42.7 Å². The van der Waals surface area contributed by atoms with E-state index in [0.29, 0.717) is 43.1 Å². The van der Waals surface area contributed by atoms with Crippen molar-refractivity contribution in [3.8, 4) is 11.5 Å². The molecule has 0 saturated carbocycles. The van der Waals surface area contributed by atoms with Crippen LogP contribution in [0.2, 0.25) is 0 Å². The van der Waals surface area contributed by atoms with Crippen LogP contribution in [0.3, 0.4) is 0 Å². The van der Waals surface area contributed by atoms with Crippen LogP contribution in [0.5, 0.6) is 11.5 Å². The quantitative estimate of drug-likeness (QED) is 0.869. The molecule has 0 unspecified atom stereocenters. The number of ether oxygens (including phenoxy) is 2. The smallest absolute Gasteiger partial charge is 0.238 e. The third-order valence-electron chi connectivity index (χ3n) is 4.91. The van der Waals surface area contributed by atoms with Crippen LogP contribution < -0.4 is 14.8 Å². The molecule has 136 valence electrons. The Labute approximate surface area is 151 Å². The van der Waals surface area contributed by atoms with Crippen LogP contribution in [0.25, 0.3) is 0 Å². The first-order chi connectivity index (χ1) is 12.6. The number of amides is 1. The number of aromatic nitrogens is 1. The summed E-state index contributed by atoms with van der Waals surface area (Å²) in [6.45, 7) is 1.80. The molecule has 2 N–H and O–H groups in total. The Bertz CT molecular complexity index is 789. The number of benzene rings is 1. The minimum atomic E-state index is -0.863. The van der Waals surface area contributed by atoms with Crippen LogP contribution in [0.4, 0.5) is 5.69 Å². The Morgan fingerprint density at radius 2 is 2.04 bits per heavy atom. The van der Waals surface area contributed by atoms with Gasteiger partial charge in [0, 0.05) is 42.8 Å². The monoisotopic (exact) mass is 355 g/mol. The number of hydrogen-bond acceptors (Lipinski definition) is 6. The number of nitrogens with zero attached hydrogens (tertiary/aromatic N) is 2. The molecule has 1 fully saturated rings. The number of fused-ring (bicyclic) bond motifs is 1. The molecule has 2 aromatic rings. The Morgan fingerprint density at radius 1 is 1.23 bits per heavy atom. The highest BCUT2D eigenvalue weighted by atomic mass is 16.7. The summed E-state index contributed by atoms with van der Waals surface area (Å²) >= 11 is 0. The van der Waals surface area contributed by atoms with Gasteiger partial charge in [0.15, 0.2) is 11.5 Å². The average molecular weight is 355 g/mol. The van der Waals surface area contributed by atoms with Crippen molar-refractivity contribution in [2.45, 2.75) is 18.4 Å². The highest BCUT2D eigenvalue weighted by molar-refractivity contribution is 5.92. The second-order valence-corrected chi connectivity index (χ2v) is 6.67. The largest absolute Gasteiger partial charge is 0.454 e. The highest BCUT2D eigenvalue weighted by Gasteiger charge is 2.34. The van der Waals surface area contributed by atoms with Crippen LogP contribution in [-0.4, -0.2) is 47.3 Å². The lowest BCUT2D eigenvalue weighted by atomic mass is 9.85. The molecular formula is C19H21N3O4. The number of aliphatic hydroxyl groups is 1. The Balaban J connectivity index is 1.31. The second kappa shape index (κ2) is 6.93. The molecule has 2 aliphatic heterocycles. The van der Waals surface area contributed by atoms with Gasteiger partial charge in [-0.2, -0.15) is 0 Å². The maximum absolute atomic E-state index is 12.3. The molecule has 0 radical (unpaired) electrons. The summed E-state index contributed by atoms with van der Waals surface area (Å²) in [5, 5.41) is 13.7. The molecule has 1 saturated heterocycles. The first kappa shape index (κ1) is 16.8. The first-order valence-electron chi connectivity index (χ1n) is 8.67. The highest BCUT2D eigenvalue weighted by Crippen LogP contribution is 2.34. The lowest BCUT2D eigenvalue weighted by Gasteiger charge is -2.38. The van der Waals surface area contributed by atoms with E-state index in [0.717, 1.165) is 5.56 Å². The number of carbonyl (C=O) groups is 1. The Hall–Kier alpha value is -2.64. The van der Waals surface area contributed by atoms with Crippen molar-refractivity contribution in [3.05, 3.63) is 48.3 Å². The van der Waals surface area contributed by atoms with Gasteiger partial charge in [-0.15, -0.1) is 0 Å². The zero-order valence-electron chi connectivity index (χ0n) is 14.4. The van der Waals surface area contributed by atoms with Gasteiger partial charge in [0.2, 0.25) is 12.7 Å². The van der Waals surface area contributed by atoms with E-state index in [4.69, 9.17) is 9.47 Å². The van der Waals surface area contributed by atoms with Gasteiger partial charge in [0.1, 0.15) is 0 Å². The predicted molar refractivity (Wildman–Crippen MR) is 95.0 cm³/mol. The molecule has 1 aromatic heterocycles. The second-order valence-electron chi connectivity index (χ2n) is 6.67. The fourth-order valence-corrected chi connectivity index (χ4v) is 3.39. The van der Waals surface area contributed by atoms with Gasteiger partial charge < -0.3 is 19.9 Å². The van der Waals surface area contributed by atoms with E-state index < -0.39 is 5.60 Å². The number of anilines is 1. The molecule has 1 aromatic carbocycles. The van der Waals surface area contributed by atoms with E-state index in [2.05, 4.69) is 10.3 Å². The van der Waals surface area contributed by atoms with Gasteiger partial charge in [0.05, 0.1) is 12.1 Å². The van der Waals surface area contributed by atoms with E-state index in [1.165, 1.54) is 0 Å². The maximum Gasteiger partial charge on any atom is 0.238 e. The van der Waals surface area contributed by atoms with E-state index >= 15 is 0 Å². The summed E-state index contributed by atoms with van der Waals surface area (Å²) in [6.07, 6.45) is 4.57. The van der Waals surface area contributed by atoms with Gasteiger partial charge in [0.25, 0.3) is 0 Å². The van der Waals surface area contributed by atoms with Gasteiger partial charge in [-0.1, -0.05) is 6.07 Å². The molecule has 7 heteroatoms. The molecule has 3 heterocycles. The van der Waals surface area contributed by atoms with Gasteiger partial charge >= 0.3 is 0 Å². The summed E-state index contributed by atoms with van der Waals surface area (Å²) in [7, 11) is 0. The molecule has 0 atom stereocenters. The fraction of sp³-hybridized carbons (Fsp3) is 0.368. The van der Waals surface area contributed by atoms with Crippen molar-refractivity contribution >= 4 is 11.6 Å². The number of likely N-dealkylation sites (tertiary alicyclic amines) is 1. The van der Waals surface area contributed by atoms with Crippen molar-refractivity contribution in [1.29, 1.82) is 0 Å². The van der Waals surface area contributed by atoms with Gasteiger partial charge in [-0.25, -0.2) is 0 Å². The molecule has 2 aliphatic rings. The number of carbonyl (C=O) groups excluding carboxylic acids is 1. The van der Waals surface area contributed by atoms with Crippen molar-refractivity contribution in [1.82, 2.24) is 9.88 Å². The Morgan fingerprint density at radius 3 is 2.81 bits per heavy atom. The molecule has 0 aliphatic carbocycles. The van der Waals surface area contributed by atoms with Crippen LogP contribution in [0.1, 0.15) is 18.4 Å². The third-order valence-corrected chi connectivity index (χ3v) is 4.91. The fourth-order valence-electron chi connectivity index (χ4n) is 3.39. The molecule has 1 amide bonds. The van der Waals surface area contributed by atoms with Gasteiger partial charge in [-0.05, 0) is 31.0 Å². The maximum atomic E-state index is 12.3. The van der Waals surface area contributed by atoms with Gasteiger partial charge in [-0.3, -0.25) is 14.7 Å². The molecule has 26 heavy (non-hydrogen) atoms. The summed E-state index contributed by atoms with van der Waals surface area (Å²) < 4.78 is 10.6. The minimum Gasteiger partial charge on any atom is -0.454 e. The molecular weight excluding hydrogens is 334 g/mol. The molecule has 4 rings (SSSR count). The zero-order chi connectivity index (χ0) is 18.0. The number of nitrogens with one attached hydrogen (secondary N) is 1. The van der Waals surface area contributed by atoms with Crippen molar-refractivity contribution in [3.63, 3.8) is 0 Å². The Kier molecular flexibility index (Phi) is 4.48. The number of rotatable bonds is 4. The van der Waals surface area contributed by atoms with Crippen LogP contribution in [0, 0.1) is 0 Å². The zero-order valence-corrected chi connectivity index (χ0v) is 14.4. The molecule has 0 bridgehead atoms. The molecule has 7 nitrogen and oxygen atoms in total.